The molecular weight excluding hydrogens is 410 g/mol. The van der Waals surface area contributed by atoms with Crippen LogP contribution in [0.1, 0.15) is 46.8 Å². The van der Waals surface area contributed by atoms with E-state index in [4.69, 9.17) is 19.4 Å². The highest BCUT2D eigenvalue weighted by atomic mass is 32.1. The van der Waals surface area contributed by atoms with Crippen LogP contribution in [-0.2, 0) is 30.7 Å². The van der Waals surface area contributed by atoms with Crippen molar-refractivity contribution in [1.29, 1.82) is 0 Å². The van der Waals surface area contributed by atoms with Crippen molar-refractivity contribution in [2.24, 2.45) is 0 Å². The highest BCUT2D eigenvalue weighted by Gasteiger charge is 2.28. The maximum absolute atomic E-state index is 5.85. The summed E-state index contributed by atoms with van der Waals surface area (Å²) in [5.74, 6) is 2.60. The van der Waals surface area contributed by atoms with E-state index in [0.29, 0.717) is 26.4 Å². The molecule has 31 heavy (non-hydrogen) atoms. The van der Waals surface area contributed by atoms with Gasteiger partial charge in [-0.25, -0.2) is 9.97 Å². The van der Waals surface area contributed by atoms with Gasteiger partial charge in [-0.05, 0) is 37.0 Å². The molecule has 162 valence electrons. The van der Waals surface area contributed by atoms with Gasteiger partial charge >= 0.3 is 0 Å². The minimum absolute atomic E-state index is 0.202. The number of hydrogen-bond donors (Lipinski definition) is 1. The van der Waals surface area contributed by atoms with Crippen molar-refractivity contribution in [2.45, 2.75) is 45.4 Å². The number of hydrogen-bond acceptors (Lipinski definition) is 8. The van der Waals surface area contributed by atoms with Gasteiger partial charge in [0.05, 0.1) is 38.1 Å². The fraction of sp³-hybridized carbons (Fsp3) is 0.435. The molecular formula is C23H27N5O2S. The molecule has 0 bridgehead atoms. The summed E-state index contributed by atoms with van der Waals surface area (Å²) >= 11 is 1.65. The zero-order valence-corrected chi connectivity index (χ0v) is 18.7. The lowest BCUT2D eigenvalue weighted by molar-refractivity contribution is 0.109. The van der Waals surface area contributed by atoms with E-state index in [1.54, 1.807) is 11.3 Å². The van der Waals surface area contributed by atoms with E-state index in [2.05, 4.69) is 33.4 Å². The van der Waals surface area contributed by atoms with Gasteiger partial charge in [-0.2, -0.15) is 4.98 Å². The van der Waals surface area contributed by atoms with Gasteiger partial charge in [0.15, 0.2) is 0 Å². The molecule has 0 fully saturated rings. The average molecular weight is 438 g/mol. The van der Waals surface area contributed by atoms with Crippen LogP contribution < -0.4 is 15.0 Å². The van der Waals surface area contributed by atoms with Crippen molar-refractivity contribution in [1.82, 2.24) is 15.0 Å². The van der Waals surface area contributed by atoms with Gasteiger partial charge in [0, 0.05) is 30.6 Å². The lowest BCUT2D eigenvalue weighted by Gasteiger charge is -2.25. The number of fused-ring (bicyclic) bond motifs is 2. The van der Waals surface area contributed by atoms with Crippen LogP contribution in [0.2, 0.25) is 0 Å². The Bertz CT molecular complexity index is 1060. The molecule has 5 rings (SSSR count). The Morgan fingerprint density at radius 1 is 1.26 bits per heavy atom. The van der Waals surface area contributed by atoms with Gasteiger partial charge in [-0.15, -0.1) is 11.3 Å². The van der Waals surface area contributed by atoms with Crippen molar-refractivity contribution >= 4 is 23.1 Å². The fourth-order valence-corrected chi connectivity index (χ4v) is 5.01. The van der Waals surface area contributed by atoms with E-state index < -0.39 is 0 Å². The first kappa shape index (κ1) is 20.2. The van der Waals surface area contributed by atoms with Gasteiger partial charge in [-0.1, -0.05) is 12.1 Å². The van der Waals surface area contributed by atoms with Crippen molar-refractivity contribution in [3.8, 4) is 5.75 Å². The van der Waals surface area contributed by atoms with Gasteiger partial charge in [-0.3, -0.25) is 0 Å². The van der Waals surface area contributed by atoms with Crippen LogP contribution in [0.5, 0.6) is 5.75 Å². The second-order valence-electron chi connectivity index (χ2n) is 7.87. The number of benzene rings is 1. The molecule has 7 nitrogen and oxygen atoms in total. The summed E-state index contributed by atoms with van der Waals surface area (Å²) < 4.78 is 11.6. The smallest absolute Gasteiger partial charge is 0.227 e. The number of thiazole rings is 1. The maximum atomic E-state index is 5.85. The third-order valence-corrected chi connectivity index (χ3v) is 6.61. The summed E-state index contributed by atoms with van der Waals surface area (Å²) in [6.07, 6.45) is 4.66. The fourth-order valence-electron chi connectivity index (χ4n) is 4.34. The Morgan fingerprint density at radius 3 is 3.03 bits per heavy atom. The highest BCUT2D eigenvalue weighted by molar-refractivity contribution is 7.09. The van der Waals surface area contributed by atoms with Gasteiger partial charge in [0.25, 0.3) is 0 Å². The zero-order valence-electron chi connectivity index (χ0n) is 17.9. The summed E-state index contributed by atoms with van der Waals surface area (Å²) in [5, 5.41) is 6.77. The van der Waals surface area contributed by atoms with Gasteiger partial charge in [0.2, 0.25) is 5.95 Å². The van der Waals surface area contributed by atoms with Crippen LogP contribution in [-0.4, -0.2) is 35.2 Å². The molecule has 0 radical (unpaired) electrons. The summed E-state index contributed by atoms with van der Waals surface area (Å²) in [6, 6.07) is 6.54. The number of aromatic nitrogens is 3. The quantitative estimate of drug-likeness (QED) is 0.595. The number of rotatable bonds is 7. The van der Waals surface area contributed by atoms with Crippen molar-refractivity contribution < 1.29 is 9.47 Å². The molecule has 3 heterocycles. The highest BCUT2D eigenvalue weighted by Crippen LogP contribution is 2.39. The number of nitrogens with zero attached hydrogens (tertiary/aromatic N) is 4. The molecule has 8 heteroatoms. The second kappa shape index (κ2) is 8.80. The van der Waals surface area contributed by atoms with E-state index in [0.717, 1.165) is 53.0 Å². The lowest BCUT2D eigenvalue weighted by Crippen LogP contribution is -2.24. The molecule has 2 aromatic heterocycles. The summed E-state index contributed by atoms with van der Waals surface area (Å²) in [7, 11) is 2.02. The van der Waals surface area contributed by atoms with Gasteiger partial charge in [0.1, 0.15) is 16.6 Å². The Kier molecular flexibility index (Phi) is 5.74. The van der Waals surface area contributed by atoms with Crippen molar-refractivity contribution in [3.05, 3.63) is 57.2 Å². The molecule has 1 atom stereocenters. The molecule has 1 aliphatic heterocycles. The van der Waals surface area contributed by atoms with Crippen LogP contribution in [0.3, 0.4) is 0 Å². The largest absolute Gasteiger partial charge is 0.494 e. The summed E-state index contributed by atoms with van der Waals surface area (Å²) in [4.78, 5) is 16.3. The third kappa shape index (κ3) is 4.09. The molecule has 2 aliphatic rings. The topological polar surface area (TPSA) is 72.4 Å². The van der Waals surface area contributed by atoms with Crippen LogP contribution in [0, 0.1) is 0 Å². The van der Waals surface area contributed by atoms with E-state index in [9.17, 15) is 0 Å². The standard InChI is InChI=1S/C23H27N5O2S/c1-3-30-20-6-4-5-15-16(20)7-8-18(15)25-22-17-14-29-11-9-19(17)26-23(27-22)28(2)13-21-24-10-12-31-21/h4-6,10,12,18H,3,7-9,11,13-14H2,1-2H3,(H,25,26,27). The van der Waals surface area contributed by atoms with Crippen LogP contribution >= 0.6 is 11.3 Å². The normalized spacial score (nSPS) is 17.2. The Morgan fingerprint density at radius 2 is 2.19 bits per heavy atom. The molecule has 1 unspecified atom stereocenters. The van der Waals surface area contributed by atoms with Crippen molar-refractivity contribution in [3.63, 3.8) is 0 Å². The Balaban J connectivity index is 1.45. The van der Waals surface area contributed by atoms with E-state index in [1.807, 2.05) is 25.5 Å². The van der Waals surface area contributed by atoms with Crippen molar-refractivity contribution in [2.75, 3.05) is 30.5 Å². The number of ether oxygens (including phenoxy) is 2. The van der Waals surface area contributed by atoms with E-state index in [-0.39, 0.29) is 6.04 Å². The average Bonchev–Trinajstić information content (AvgIpc) is 3.44. The Hall–Kier alpha value is -2.71. The van der Waals surface area contributed by atoms with Crippen LogP contribution in [0.4, 0.5) is 11.8 Å². The molecule has 0 amide bonds. The first-order valence-corrected chi connectivity index (χ1v) is 11.7. The summed E-state index contributed by atoms with van der Waals surface area (Å²) in [6.45, 7) is 4.65. The number of anilines is 2. The Labute approximate surface area is 186 Å². The molecule has 1 aromatic carbocycles. The molecule has 0 saturated carbocycles. The molecule has 1 aliphatic carbocycles. The minimum Gasteiger partial charge on any atom is -0.494 e. The maximum Gasteiger partial charge on any atom is 0.227 e. The monoisotopic (exact) mass is 437 g/mol. The molecule has 0 saturated heterocycles. The van der Waals surface area contributed by atoms with Gasteiger partial charge < -0.3 is 19.7 Å². The third-order valence-electron chi connectivity index (χ3n) is 5.85. The zero-order chi connectivity index (χ0) is 21.2. The molecule has 1 N–H and O–H groups in total. The number of nitrogens with one attached hydrogen (secondary N) is 1. The summed E-state index contributed by atoms with van der Waals surface area (Å²) in [5.41, 5.74) is 4.76. The van der Waals surface area contributed by atoms with E-state index >= 15 is 0 Å². The lowest BCUT2D eigenvalue weighted by atomic mass is 10.1. The molecule has 3 aromatic rings. The van der Waals surface area contributed by atoms with Crippen LogP contribution in [0.15, 0.2) is 29.8 Å². The molecule has 0 spiro atoms. The van der Waals surface area contributed by atoms with E-state index in [1.165, 1.54) is 11.1 Å². The van der Waals surface area contributed by atoms with Crippen LogP contribution in [0.25, 0.3) is 0 Å². The second-order valence-corrected chi connectivity index (χ2v) is 8.85. The predicted molar refractivity (Wildman–Crippen MR) is 122 cm³/mol. The predicted octanol–water partition coefficient (Wildman–Crippen LogP) is 4.14. The first-order valence-electron chi connectivity index (χ1n) is 10.8. The first-order chi connectivity index (χ1) is 15.2. The minimum atomic E-state index is 0.202. The SMILES string of the molecule is CCOc1cccc2c1CCC2Nc1nc(N(C)Cc2nccs2)nc2c1COCC2.